The fourth-order valence-electron chi connectivity index (χ4n) is 5.09. The second kappa shape index (κ2) is 23.8. The number of nitrogens with two attached hydrogens (primary N) is 1. The molecular formula is C36H57NO6S. The molecule has 0 aliphatic rings. The van der Waals surface area contributed by atoms with Crippen LogP contribution in [0.5, 0.6) is 17.2 Å². The monoisotopic (exact) mass is 631 g/mol. The van der Waals surface area contributed by atoms with Gasteiger partial charge >= 0.3 is 5.97 Å². The number of hydrogen-bond donors (Lipinski definition) is 2. The Morgan fingerprint density at radius 3 is 1.50 bits per heavy atom. The van der Waals surface area contributed by atoms with E-state index >= 15 is 0 Å². The van der Waals surface area contributed by atoms with Gasteiger partial charge in [-0.3, -0.25) is 9.00 Å². The highest BCUT2D eigenvalue weighted by molar-refractivity contribution is 7.84. The number of carboxylic acid groups (broad SMARTS) is 1. The zero-order chi connectivity index (χ0) is 31.8. The third-order valence-electron chi connectivity index (χ3n) is 7.78. The number of aliphatic carboxylic acids is 1. The van der Waals surface area contributed by atoms with E-state index in [1.54, 1.807) is 48.7 Å². The van der Waals surface area contributed by atoms with Crippen molar-refractivity contribution in [2.75, 3.05) is 26.1 Å². The Morgan fingerprint density at radius 1 is 0.659 bits per heavy atom. The van der Waals surface area contributed by atoms with E-state index in [1.807, 2.05) is 0 Å². The van der Waals surface area contributed by atoms with E-state index in [1.165, 1.54) is 89.9 Å². The van der Waals surface area contributed by atoms with Crippen LogP contribution in [0.2, 0.25) is 0 Å². The smallest absolute Gasteiger partial charge is 0.325 e. The van der Waals surface area contributed by atoms with E-state index in [4.69, 9.17) is 19.9 Å². The first-order chi connectivity index (χ1) is 21.4. The molecular weight excluding hydrogens is 574 g/mol. The average molecular weight is 632 g/mol. The van der Waals surface area contributed by atoms with Crippen molar-refractivity contribution < 1.29 is 28.3 Å². The highest BCUT2D eigenvalue weighted by Gasteiger charge is 2.17. The SMILES string of the molecule is CCCCCCCCCCCCCCCCCCOc1cc(OCCCOc2ccc(S(C)=O)cc2)cc(C(N)C(=O)O)c1. The van der Waals surface area contributed by atoms with E-state index in [-0.39, 0.29) is 0 Å². The average Bonchev–Trinajstić information content (AvgIpc) is 3.02. The number of benzene rings is 2. The number of rotatable bonds is 27. The molecule has 0 heterocycles. The van der Waals surface area contributed by atoms with Gasteiger partial charge in [-0.05, 0) is 48.4 Å². The quantitative estimate of drug-likeness (QED) is 0.0947. The van der Waals surface area contributed by atoms with Gasteiger partial charge in [0.15, 0.2) is 0 Å². The van der Waals surface area contributed by atoms with Gasteiger partial charge in [-0.15, -0.1) is 0 Å². The maximum Gasteiger partial charge on any atom is 0.325 e. The maximum atomic E-state index is 11.5. The first kappa shape index (κ1) is 37.6. The van der Waals surface area contributed by atoms with E-state index in [9.17, 15) is 14.1 Å². The Balaban J connectivity index is 1.60. The molecule has 8 heteroatoms. The van der Waals surface area contributed by atoms with Gasteiger partial charge in [-0.25, -0.2) is 0 Å². The molecule has 248 valence electrons. The summed E-state index contributed by atoms with van der Waals surface area (Å²) in [6.45, 7) is 3.68. The predicted molar refractivity (Wildman–Crippen MR) is 180 cm³/mol. The van der Waals surface area contributed by atoms with Crippen molar-refractivity contribution in [1.82, 2.24) is 0 Å². The maximum absolute atomic E-state index is 11.5. The highest BCUT2D eigenvalue weighted by Crippen LogP contribution is 2.27. The lowest BCUT2D eigenvalue weighted by molar-refractivity contribution is -0.138. The van der Waals surface area contributed by atoms with Crippen molar-refractivity contribution in [3.63, 3.8) is 0 Å². The first-order valence-electron chi connectivity index (χ1n) is 16.9. The Kier molecular flexibility index (Phi) is 20.3. The van der Waals surface area contributed by atoms with Gasteiger partial charge in [0.1, 0.15) is 23.3 Å². The zero-order valence-corrected chi connectivity index (χ0v) is 28.1. The first-order valence-corrected chi connectivity index (χ1v) is 18.4. The topological polar surface area (TPSA) is 108 Å². The Bertz CT molecular complexity index is 1060. The van der Waals surface area contributed by atoms with Crippen molar-refractivity contribution in [2.24, 2.45) is 5.73 Å². The van der Waals surface area contributed by atoms with Crippen LogP contribution in [0.3, 0.4) is 0 Å². The molecule has 2 atom stereocenters. The number of ether oxygens (including phenoxy) is 3. The van der Waals surface area contributed by atoms with Crippen molar-refractivity contribution >= 4 is 16.8 Å². The summed E-state index contributed by atoms with van der Waals surface area (Å²) in [6.07, 6.45) is 23.4. The van der Waals surface area contributed by atoms with Crippen molar-refractivity contribution in [3.05, 3.63) is 48.0 Å². The molecule has 2 rings (SSSR count). The number of carboxylic acids is 1. The summed E-state index contributed by atoms with van der Waals surface area (Å²) >= 11 is 0. The number of hydrogen-bond acceptors (Lipinski definition) is 6. The largest absolute Gasteiger partial charge is 0.493 e. The third-order valence-corrected chi connectivity index (χ3v) is 8.71. The van der Waals surface area contributed by atoms with Crippen LogP contribution in [0.25, 0.3) is 0 Å². The minimum absolute atomic E-state index is 0.390. The molecule has 7 nitrogen and oxygen atoms in total. The summed E-state index contributed by atoms with van der Waals surface area (Å²) in [7, 11) is -1.02. The summed E-state index contributed by atoms with van der Waals surface area (Å²) in [5, 5.41) is 9.41. The van der Waals surface area contributed by atoms with Crippen LogP contribution in [0, 0.1) is 0 Å². The summed E-state index contributed by atoms with van der Waals surface area (Å²) in [5.41, 5.74) is 6.34. The van der Waals surface area contributed by atoms with Crippen LogP contribution >= 0.6 is 0 Å². The van der Waals surface area contributed by atoms with Gasteiger partial charge in [-0.2, -0.15) is 0 Å². The number of unbranched alkanes of at least 4 members (excludes halogenated alkanes) is 15. The molecule has 0 fully saturated rings. The van der Waals surface area contributed by atoms with Gasteiger partial charge in [0, 0.05) is 34.4 Å². The highest BCUT2D eigenvalue weighted by atomic mass is 32.2. The van der Waals surface area contributed by atoms with Crippen molar-refractivity contribution in [3.8, 4) is 17.2 Å². The molecule has 2 unspecified atom stereocenters. The van der Waals surface area contributed by atoms with Crippen molar-refractivity contribution in [1.29, 1.82) is 0 Å². The Morgan fingerprint density at radius 2 is 1.07 bits per heavy atom. The fourth-order valence-corrected chi connectivity index (χ4v) is 5.61. The Labute approximate surface area is 268 Å². The van der Waals surface area contributed by atoms with Gasteiger partial charge in [0.2, 0.25) is 0 Å². The fraction of sp³-hybridized carbons (Fsp3) is 0.639. The molecule has 0 aliphatic carbocycles. The van der Waals surface area contributed by atoms with Gasteiger partial charge < -0.3 is 25.1 Å². The van der Waals surface area contributed by atoms with Gasteiger partial charge in [0.05, 0.1) is 19.8 Å². The lowest BCUT2D eigenvalue weighted by atomic mass is 10.0. The van der Waals surface area contributed by atoms with E-state index in [0.717, 1.165) is 17.7 Å². The minimum atomic E-state index is -1.15. The van der Waals surface area contributed by atoms with E-state index < -0.39 is 22.8 Å². The normalized spacial score (nSPS) is 12.5. The molecule has 0 aromatic heterocycles. The third kappa shape index (κ3) is 17.0. The van der Waals surface area contributed by atoms with Crippen LogP contribution in [0.15, 0.2) is 47.4 Å². The van der Waals surface area contributed by atoms with Crippen LogP contribution in [-0.4, -0.2) is 41.4 Å². The molecule has 0 radical (unpaired) electrons. The molecule has 0 saturated carbocycles. The molecule has 0 saturated heterocycles. The van der Waals surface area contributed by atoms with Crippen LogP contribution in [0.1, 0.15) is 128 Å². The predicted octanol–water partition coefficient (Wildman–Crippen LogP) is 9.00. The van der Waals surface area contributed by atoms with Crippen LogP contribution in [-0.2, 0) is 15.6 Å². The van der Waals surface area contributed by atoms with Gasteiger partial charge in [0.25, 0.3) is 0 Å². The molecule has 0 bridgehead atoms. The molecule has 2 aromatic rings. The lowest BCUT2D eigenvalue weighted by Crippen LogP contribution is -2.20. The summed E-state index contributed by atoms with van der Waals surface area (Å²) in [6, 6.07) is 11.2. The number of carbonyl (C=O) groups is 1. The van der Waals surface area contributed by atoms with Gasteiger partial charge in [-0.1, -0.05) is 103 Å². The summed E-state index contributed by atoms with van der Waals surface area (Å²) in [5.74, 6) is 0.700. The van der Waals surface area contributed by atoms with Crippen LogP contribution in [0.4, 0.5) is 0 Å². The van der Waals surface area contributed by atoms with E-state index in [0.29, 0.717) is 49.1 Å². The van der Waals surface area contributed by atoms with Crippen molar-refractivity contribution in [2.45, 2.75) is 127 Å². The molecule has 0 amide bonds. The molecule has 0 aliphatic heterocycles. The molecule has 2 aromatic carbocycles. The zero-order valence-electron chi connectivity index (χ0n) is 27.2. The van der Waals surface area contributed by atoms with Crippen LogP contribution < -0.4 is 19.9 Å². The second-order valence-electron chi connectivity index (χ2n) is 11.7. The summed E-state index contributed by atoms with van der Waals surface area (Å²) < 4.78 is 29.1. The molecule has 0 spiro atoms. The Hall–Kier alpha value is -2.58. The minimum Gasteiger partial charge on any atom is -0.493 e. The molecule has 44 heavy (non-hydrogen) atoms. The standard InChI is InChI=1S/C36H57NO6S/c1-3-4-5-6-7-8-9-10-11-12-13-14-15-16-17-18-24-42-32-27-30(35(37)36(38)39)28-33(29-32)43-26-19-25-41-31-20-22-34(23-21-31)44(2)40/h20-23,27-29,35H,3-19,24-26,37H2,1-2H3,(H,38,39). The molecule has 3 N–H and O–H groups in total. The van der Waals surface area contributed by atoms with E-state index in [2.05, 4.69) is 6.92 Å². The second-order valence-corrected chi connectivity index (χ2v) is 13.1. The summed E-state index contributed by atoms with van der Waals surface area (Å²) in [4.78, 5) is 12.3. The lowest BCUT2D eigenvalue weighted by Gasteiger charge is -2.14.